The van der Waals surface area contributed by atoms with E-state index in [1.807, 2.05) is 13.0 Å². The lowest BCUT2D eigenvalue weighted by Gasteiger charge is -1.91. The quantitative estimate of drug-likeness (QED) is 0.630. The molecule has 0 N–H and O–H groups in total. The maximum atomic E-state index is 11.6. The molecule has 0 bridgehead atoms. The summed E-state index contributed by atoms with van der Waals surface area (Å²) in [5.74, 6) is 0. The lowest BCUT2D eigenvalue weighted by molar-refractivity contribution is 0.597. The van der Waals surface area contributed by atoms with E-state index in [1.165, 1.54) is 6.33 Å². The molecule has 0 aliphatic carbocycles. The molecule has 0 saturated carbocycles. The van der Waals surface area contributed by atoms with Crippen molar-refractivity contribution in [2.75, 3.05) is 0 Å². The fraction of sp³-hybridized carbons (Fsp3) is 0.250. The summed E-state index contributed by atoms with van der Waals surface area (Å²) in [5, 5.41) is 0. The zero-order chi connectivity index (χ0) is 8.55. The van der Waals surface area contributed by atoms with Crippen LogP contribution in [-0.4, -0.2) is 14.5 Å². The van der Waals surface area contributed by atoms with Gasteiger partial charge < -0.3 is 4.55 Å². The van der Waals surface area contributed by atoms with Crippen LogP contribution in [0.5, 0.6) is 0 Å². The minimum atomic E-state index is -0.999. The third-order valence-corrected chi connectivity index (χ3v) is 3.39. The van der Waals surface area contributed by atoms with Crippen LogP contribution in [0.25, 0.3) is 10.2 Å². The lowest BCUT2D eigenvalue weighted by atomic mass is 10.3. The Morgan fingerprint density at radius 3 is 3.08 bits per heavy atom. The Bertz CT molecular complexity index is 410. The van der Waals surface area contributed by atoms with Crippen LogP contribution in [0, 0.1) is 0 Å². The zero-order valence-corrected chi connectivity index (χ0v) is 7.47. The summed E-state index contributed by atoms with van der Waals surface area (Å²) in [4.78, 5) is 8.80. The predicted octanol–water partition coefficient (Wildman–Crippen LogP) is 1.92. The standard InChI is InChI=1S/C8H8N2OS/c1-2-6-3-7-8(12(6)11)4-9-5-10-7/h3-5H,2H2,1H3. The van der Waals surface area contributed by atoms with Gasteiger partial charge in [-0.3, -0.25) is 0 Å². The number of aryl methyl sites for hydroxylation is 1. The van der Waals surface area contributed by atoms with Crippen molar-refractivity contribution >= 4 is 21.0 Å². The second kappa shape index (κ2) is 2.80. The molecule has 0 amide bonds. The van der Waals surface area contributed by atoms with Crippen molar-refractivity contribution in [3.63, 3.8) is 0 Å². The third kappa shape index (κ3) is 1.00. The molecular formula is C8H8N2OS. The summed E-state index contributed by atoms with van der Waals surface area (Å²) >= 11 is 0. The van der Waals surface area contributed by atoms with Gasteiger partial charge >= 0.3 is 0 Å². The second-order valence-electron chi connectivity index (χ2n) is 2.51. The maximum absolute atomic E-state index is 11.6. The predicted molar refractivity (Wildman–Crippen MR) is 47.6 cm³/mol. The maximum Gasteiger partial charge on any atom is 0.216 e. The molecule has 2 aromatic heterocycles. The number of fused-ring (bicyclic) bond motifs is 1. The first kappa shape index (κ1) is 7.64. The average Bonchev–Trinajstić information content (AvgIpc) is 2.44. The lowest BCUT2D eigenvalue weighted by Crippen LogP contribution is -1.73. The molecular weight excluding hydrogens is 172 g/mol. The smallest absolute Gasteiger partial charge is 0.216 e. The van der Waals surface area contributed by atoms with Gasteiger partial charge in [-0.15, -0.1) is 0 Å². The van der Waals surface area contributed by atoms with Crippen LogP contribution in [0.1, 0.15) is 11.8 Å². The summed E-state index contributed by atoms with van der Waals surface area (Å²) < 4.78 is 12.3. The molecule has 3 nitrogen and oxygen atoms in total. The van der Waals surface area contributed by atoms with Crippen molar-refractivity contribution in [2.24, 2.45) is 0 Å². The van der Waals surface area contributed by atoms with Crippen molar-refractivity contribution in [2.45, 2.75) is 13.3 Å². The Kier molecular flexibility index (Phi) is 1.78. The van der Waals surface area contributed by atoms with E-state index < -0.39 is 10.8 Å². The Morgan fingerprint density at radius 2 is 2.42 bits per heavy atom. The first-order valence-corrected chi connectivity index (χ1v) is 4.90. The fourth-order valence-corrected chi connectivity index (χ4v) is 2.38. The highest BCUT2D eigenvalue weighted by Crippen LogP contribution is 2.31. The molecule has 4 heteroatoms. The summed E-state index contributed by atoms with van der Waals surface area (Å²) in [5.41, 5.74) is 0.806. The van der Waals surface area contributed by atoms with E-state index in [1.54, 1.807) is 6.20 Å². The van der Waals surface area contributed by atoms with Gasteiger partial charge in [-0.2, -0.15) is 0 Å². The molecule has 2 rings (SSSR count). The van der Waals surface area contributed by atoms with Gasteiger partial charge in [-0.25, -0.2) is 9.97 Å². The molecule has 0 aromatic carbocycles. The van der Waals surface area contributed by atoms with Crippen LogP contribution in [-0.2, 0) is 6.42 Å². The van der Waals surface area contributed by atoms with Gasteiger partial charge in [0.1, 0.15) is 11.8 Å². The van der Waals surface area contributed by atoms with Gasteiger partial charge in [-0.1, -0.05) is 6.92 Å². The number of aromatic nitrogens is 2. The number of hydrogen-bond donors (Lipinski definition) is 0. The minimum Gasteiger partial charge on any atom is -0.590 e. The van der Waals surface area contributed by atoms with Crippen LogP contribution in [0.15, 0.2) is 18.6 Å². The van der Waals surface area contributed by atoms with Gasteiger partial charge in [0, 0.05) is 12.5 Å². The van der Waals surface area contributed by atoms with Gasteiger partial charge in [-0.05, 0) is 10.8 Å². The van der Waals surface area contributed by atoms with E-state index in [0.717, 1.165) is 21.5 Å². The second-order valence-corrected chi connectivity index (χ2v) is 4.01. The molecule has 1 atom stereocenters. The molecule has 2 aromatic rings. The van der Waals surface area contributed by atoms with Crippen molar-refractivity contribution in [3.8, 4) is 0 Å². The number of hydrogen-bond acceptors (Lipinski definition) is 3. The molecule has 2 heterocycles. The minimum absolute atomic E-state index is 0.745. The van der Waals surface area contributed by atoms with Gasteiger partial charge in [0.05, 0.1) is 6.20 Å². The van der Waals surface area contributed by atoms with Crippen molar-refractivity contribution in [1.82, 2.24) is 9.97 Å². The van der Waals surface area contributed by atoms with E-state index >= 15 is 0 Å². The normalized spacial score (nSPS) is 12.3. The van der Waals surface area contributed by atoms with Gasteiger partial charge in [0.15, 0.2) is 4.88 Å². The molecule has 0 aliphatic heterocycles. The monoisotopic (exact) mass is 180 g/mol. The summed E-state index contributed by atoms with van der Waals surface area (Å²) in [6.07, 6.45) is 3.91. The molecule has 12 heavy (non-hydrogen) atoms. The molecule has 0 radical (unpaired) electrons. The van der Waals surface area contributed by atoms with Crippen molar-refractivity contribution < 1.29 is 4.55 Å². The highest BCUT2D eigenvalue weighted by atomic mass is 32.2. The van der Waals surface area contributed by atoms with Crippen LogP contribution >= 0.6 is 10.8 Å². The SMILES string of the molecule is CCc1cc2ncncc2[s+]1[O-]. The average molecular weight is 180 g/mol. The van der Waals surface area contributed by atoms with E-state index in [4.69, 9.17) is 0 Å². The Balaban J connectivity index is 2.78. The first-order valence-electron chi connectivity index (χ1n) is 3.75. The molecule has 0 saturated heterocycles. The zero-order valence-electron chi connectivity index (χ0n) is 6.65. The van der Waals surface area contributed by atoms with Crippen LogP contribution in [0.2, 0.25) is 0 Å². The first-order chi connectivity index (χ1) is 5.83. The molecule has 0 fully saturated rings. The summed E-state index contributed by atoms with van der Waals surface area (Å²) in [7, 11) is -0.999. The van der Waals surface area contributed by atoms with Gasteiger partial charge in [0.25, 0.3) is 0 Å². The number of nitrogens with zero attached hydrogens (tertiary/aromatic N) is 2. The number of thiophene rings is 1. The molecule has 62 valence electrons. The van der Waals surface area contributed by atoms with Crippen LogP contribution in [0.4, 0.5) is 0 Å². The topological polar surface area (TPSA) is 48.8 Å². The van der Waals surface area contributed by atoms with Crippen molar-refractivity contribution in [1.29, 1.82) is 0 Å². The van der Waals surface area contributed by atoms with E-state index in [9.17, 15) is 4.55 Å². The third-order valence-electron chi connectivity index (χ3n) is 1.79. The summed E-state index contributed by atoms with van der Waals surface area (Å²) in [6, 6.07) is 1.88. The highest BCUT2D eigenvalue weighted by molar-refractivity contribution is 7.31. The molecule has 0 aliphatic rings. The Hall–Kier alpha value is -1.00. The van der Waals surface area contributed by atoms with Gasteiger partial charge in [0.2, 0.25) is 4.70 Å². The molecule has 0 spiro atoms. The Labute approximate surface area is 72.9 Å². The Morgan fingerprint density at radius 1 is 1.58 bits per heavy atom. The van der Waals surface area contributed by atoms with E-state index in [0.29, 0.717) is 0 Å². The van der Waals surface area contributed by atoms with E-state index in [2.05, 4.69) is 9.97 Å². The van der Waals surface area contributed by atoms with E-state index in [-0.39, 0.29) is 0 Å². The molecule has 1 unspecified atom stereocenters. The number of rotatable bonds is 1. The fourth-order valence-electron chi connectivity index (χ4n) is 1.16. The van der Waals surface area contributed by atoms with Crippen LogP contribution in [0.3, 0.4) is 0 Å². The van der Waals surface area contributed by atoms with Crippen molar-refractivity contribution in [3.05, 3.63) is 23.5 Å². The largest absolute Gasteiger partial charge is 0.590 e. The highest BCUT2D eigenvalue weighted by Gasteiger charge is 2.12. The summed E-state index contributed by atoms with van der Waals surface area (Å²) in [6.45, 7) is 1.99. The van der Waals surface area contributed by atoms with Crippen LogP contribution < -0.4 is 0 Å².